The summed E-state index contributed by atoms with van der Waals surface area (Å²) >= 11 is 0. The fraction of sp³-hybridized carbons (Fsp3) is 0.571. The molecule has 90 valence electrons. The van der Waals surface area contributed by atoms with Gasteiger partial charge in [-0.25, -0.2) is 0 Å². The van der Waals surface area contributed by atoms with Crippen LogP contribution in [0.1, 0.15) is 54.4 Å². The summed E-state index contributed by atoms with van der Waals surface area (Å²) < 4.78 is 0. The molecule has 0 radical (unpaired) electrons. The average Bonchev–Trinajstić information content (AvgIpc) is 2.12. The maximum absolute atomic E-state index is 3.49. The predicted molar refractivity (Wildman–Crippen MR) is 74.4 cm³/mol. The third-order valence-electron chi connectivity index (χ3n) is 0. The van der Waals surface area contributed by atoms with Gasteiger partial charge in [-0.2, -0.15) is 12.8 Å². The second-order valence-corrected chi connectivity index (χ2v) is 1.82. The Morgan fingerprint density at radius 2 is 0.812 bits per heavy atom. The first kappa shape index (κ1) is 42.7. The molecule has 0 aromatic carbocycles. The van der Waals surface area contributed by atoms with E-state index in [0.717, 1.165) is 12.8 Å². The van der Waals surface area contributed by atoms with Gasteiger partial charge < -0.3 is 13.8 Å². The first-order valence-electron chi connectivity index (χ1n) is 5.39. The average molecular weight is 371 g/mol. The van der Waals surface area contributed by atoms with Gasteiger partial charge >= 0.3 is 116 Å². The molecule has 0 saturated carbocycles. The van der Waals surface area contributed by atoms with Gasteiger partial charge in [0.05, 0.1) is 0 Å². The van der Waals surface area contributed by atoms with E-state index in [9.17, 15) is 0 Å². The van der Waals surface area contributed by atoms with Crippen molar-refractivity contribution in [3.05, 3.63) is 39.2 Å². The van der Waals surface area contributed by atoms with Crippen LogP contribution in [0.2, 0.25) is 0 Å². The molecule has 0 aliphatic carbocycles. The topological polar surface area (TPSA) is 0 Å². The maximum atomic E-state index is 3.49. The molecular weight excluding hydrogens is 339 g/mol. The minimum atomic E-state index is 0. The molecule has 0 amide bonds. The molecule has 0 aliphatic rings. The number of allylic oxidation sites excluding steroid dienone is 2. The molecule has 0 aliphatic heterocycles. The van der Waals surface area contributed by atoms with Gasteiger partial charge in [0.15, 0.2) is 0 Å². The van der Waals surface area contributed by atoms with Gasteiger partial charge in [0.25, 0.3) is 0 Å². The van der Waals surface area contributed by atoms with E-state index < -0.39 is 0 Å². The molecule has 0 N–H and O–H groups in total. The van der Waals surface area contributed by atoms with E-state index in [-0.39, 0.29) is 116 Å². The van der Waals surface area contributed by atoms with Crippen LogP contribution in [0.15, 0.2) is 25.3 Å². The molecule has 0 heterocycles. The van der Waals surface area contributed by atoms with E-state index in [1.807, 2.05) is 41.5 Å². The number of hydrogen-bond acceptors (Lipinski definition) is 0. The zero-order valence-electron chi connectivity index (χ0n) is 13.4. The Hall–Kier alpha value is 3.09. The summed E-state index contributed by atoms with van der Waals surface area (Å²) in [6, 6.07) is 0. The molecular formula is C14H32Rb2. The van der Waals surface area contributed by atoms with Crippen molar-refractivity contribution in [2.45, 2.75) is 54.4 Å². The predicted octanol–water partition coefficient (Wildman–Crippen LogP) is -0.120. The molecule has 0 unspecified atom stereocenters. The fourth-order valence-corrected chi connectivity index (χ4v) is 0. The summed E-state index contributed by atoms with van der Waals surface area (Å²) in [4.78, 5) is 0. The minimum Gasteiger partial charge on any atom is -0.344 e. The summed E-state index contributed by atoms with van der Waals surface area (Å²) in [6.07, 6.45) is 5.50. The molecule has 0 aromatic heterocycles. The van der Waals surface area contributed by atoms with Crippen LogP contribution in [0.3, 0.4) is 0 Å². The molecule has 2 heteroatoms. The molecule has 0 saturated heterocycles. The Balaban J connectivity index is -0.0000000124. The van der Waals surface area contributed by atoms with Crippen LogP contribution in [0, 0.1) is 13.8 Å². The molecule has 0 fully saturated rings. The first-order chi connectivity index (χ1) is 6.66. The Morgan fingerprint density at radius 1 is 0.812 bits per heavy atom. The molecule has 0 bridgehead atoms. The normalized spacial score (nSPS) is 4.25. The van der Waals surface area contributed by atoms with Crippen molar-refractivity contribution >= 4 is 0 Å². The maximum Gasteiger partial charge on any atom is 1.00 e. The third kappa shape index (κ3) is 463. The summed E-state index contributed by atoms with van der Waals surface area (Å²) in [5.74, 6) is 0. The van der Waals surface area contributed by atoms with Crippen LogP contribution >= 0.6 is 0 Å². The summed E-state index contributed by atoms with van der Waals surface area (Å²) in [6.45, 7) is 25.5. The third-order valence-corrected chi connectivity index (χ3v) is 0. The number of rotatable bonds is 0. The van der Waals surface area contributed by atoms with Gasteiger partial charge in [-0.15, -0.1) is 13.2 Å². The quantitative estimate of drug-likeness (QED) is 0.412. The van der Waals surface area contributed by atoms with E-state index in [1.54, 1.807) is 12.2 Å². The number of hydrogen-bond donors (Lipinski definition) is 0. The largest absolute Gasteiger partial charge is 1.00 e. The minimum absolute atomic E-state index is 0. The Kier molecular flexibility index (Phi) is 281. The van der Waals surface area contributed by atoms with Crippen molar-refractivity contribution < 1.29 is 116 Å². The molecule has 16 heavy (non-hydrogen) atoms. The van der Waals surface area contributed by atoms with Gasteiger partial charge in [-0.05, 0) is 13.8 Å². The zero-order chi connectivity index (χ0) is 12.8. The Bertz CT molecular complexity index is 44.7. The SMILES string of the molecule is C=CC.C=CC.CC.[CH2-]CC.[CH2-]CC.[Rb+].[Rb+]. The van der Waals surface area contributed by atoms with Gasteiger partial charge in [0.1, 0.15) is 0 Å². The second-order valence-electron chi connectivity index (χ2n) is 1.82. The zero-order valence-corrected chi connectivity index (χ0v) is 23.2. The van der Waals surface area contributed by atoms with Crippen LogP contribution in [-0.4, -0.2) is 0 Å². The van der Waals surface area contributed by atoms with Crippen molar-refractivity contribution in [2.24, 2.45) is 0 Å². The van der Waals surface area contributed by atoms with E-state index in [2.05, 4.69) is 27.0 Å². The van der Waals surface area contributed by atoms with Crippen molar-refractivity contribution in [1.29, 1.82) is 0 Å². The fourth-order valence-electron chi connectivity index (χ4n) is 0. The van der Waals surface area contributed by atoms with Crippen LogP contribution in [0.4, 0.5) is 0 Å². The van der Waals surface area contributed by atoms with Gasteiger partial charge in [-0.3, -0.25) is 0 Å². The Morgan fingerprint density at radius 3 is 0.812 bits per heavy atom. The van der Waals surface area contributed by atoms with E-state index in [1.165, 1.54) is 0 Å². The smallest absolute Gasteiger partial charge is 0.344 e. The van der Waals surface area contributed by atoms with Crippen LogP contribution in [0.5, 0.6) is 0 Å². The van der Waals surface area contributed by atoms with E-state index in [0.29, 0.717) is 0 Å². The van der Waals surface area contributed by atoms with E-state index >= 15 is 0 Å². The summed E-state index contributed by atoms with van der Waals surface area (Å²) in [7, 11) is 0. The molecule has 0 nitrogen and oxygen atoms in total. The summed E-state index contributed by atoms with van der Waals surface area (Å²) in [5.41, 5.74) is 0. The van der Waals surface area contributed by atoms with E-state index in [4.69, 9.17) is 0 Å². The molecule has 0 atom stereocenters. The Labute approximate surface area is 205 Å². The second kappa shape index (κ2) is 105. The molecule has 0 aromatic rings. The van der Waals surface area contributed by atoms with Crippen LogP contribution in [0.25, 0.3) is 0 Å². The summed E-state index contributed by atoms with van der Waals surface area (Å²) in [5, 5.41) is 0. The molecule has 0 spiro atoms. The monoisotopic (exact) mass is 370 g/mol. The van der Waals surface area contributed by atoms with Crippen LogP contribution < -0.4 is 116 Å². The van der Waals surface area contributed by atoms with Gasteiger partial charge in [0.2, 0.25) is 0 Å². The van der Waals surface area contributed by atoms with Crippen molar-refractivity contribution in [3.8, 4) is 0 Å². The standard InChI is InChI=1S/2C3H7.2C3H6.C2H6.2Rb/c4*1-3-2;1-2;;/h2*1,3H2,2H3;2*3H,1H2,2H3;1-2H3;;/q2*-1;;;;2*+1. The molecule has 0 rings (SSSR count). The van der Waals surface area contributed by atoms with Crippen molar-refractivity contribution in [1.82, 2.24) is 0 Å². The van der Waals surface area contributed by atoms with Gasteiger partial charge in [0, 0.05) is 0 Å². The van der Waals surface area contributed by atoms with Crippen molar-refractivity contribution in [2.75, 3.05) is 0 Å². The van der Waals surface area contributed by atoms with Crippen LogP contribution in [-0.2, 0) is 0 Å². The van der Waals surface area contributed by atoms with Gasteiger partial charge in [-0.1, -0.05) is 39.8 Å². The first-order valence-corrected chi connectivity index (χ1v) is 5.39. The van der Waals surface area contributed by atoms with Crippen molar-refractivity contribution in [3.63, 3.8) is 0 Å².